The first-order valence-electron chi connectivity index (χ1n) is 34.2. The lowest BCUT2D eigenvalue weighted by Gasteiger charge is -2.18. The summed E-state index contributed by atoms with van der Waals surface area (Å²) < 4.78 is 16.9. The van der Waals surface area contributed by atoms with Gasteiger partial charge in [-0.1, -0.05) is 309 Å². The van der Waals surface area contributed by atoms with Crippen molar-refractivity contribution >= 4 is 17.9 Å². The van der Waals surface area contributed by atoms with Crippen LogP contribution in [0.1, 0.15) is 310 Å². The molecule has 1 atom stereocenters. The van der Waals surface area contributed by atoms with Crippen molar-refractivity contribution in [1.29, 1.82) is 0 Å². The van der Waals surface area contributed by atoms with Crippen LogP contribution in [0.4, 0.5) is 0 Å². The van der Waals surface area contributed by atoms with E-state index in [1.54, 1.807) is 0 Å². The Morgan fingerprint density at radius 2 is 0.476 bits per heavy atom. The SMILES string of the molecule is CC/C=C\C/C=C\C/C=C\C/C=C\C/C=C\C/C=C\C/C=C\CCCCCC(=O)OC(COC(=O)CCCCCCCCCC)COC(=O)CCCCCCCCCCCCCCCCCCCC/C=C\C/C=C\C/C=C\C/C=C\CC. The van der Waals surface area contributed by atoms with Crippen molar-refractivity contribution in [2.45, 2.75) is 316 Å². The van der Waals surface area contributed by atoms with E-state index >= 15 is 0 Å². The Morgan fingerprint density at radius 3 is 0.756 bits per heavy atom. The lowest BCUT2D eigenvalue weighted by atomic mass is 10.0. The Kier molecular flexibility index (Phi) is 65.3. The maximum atomic E-state index is 12.9. The van der Waals surface area contributed by atoms with Gasteiger partial charge in [0.2, 0.25) is 0 Å². The monoisotopic (exact) mass is 1130 g/mol. The highest BCUT2D eigenvalue weighted by atomic mass is 16.6. The van der Waals surface area contributed by atoms with E-state index in [1.165, 1.54) is 135 Å². The van der Waals surface area contributed by atoms with Gasteiger partial charge in [-0.15, -0.1) is 0 Å². The van der Waals surface area contributed by atoms with Gasteiger partial charge in [0.15, 0.2) is 6.10 Å². The molecule has 0 amide bonds. The molecule has 0 aromatic carbocycles. The molecule has 0 radical (unpaired) electrons. The van der Waals surface area contributed by atoms with E-state index in [0.29, 0.717) is 12.8 Å². The first-order valence-corrected chi connectivity index (χ1v) is 34.2. The van der Waals surface area contributed by atoms with Crippen LogP contribution in [0.15, 0.2) is 134 Å². The van der Waals surface area contributed by atoms with Gasteiger partial charge in [0.25, 0.3) is 0 Å². The van der Waals surface area contributed by atoms with Gasteiger partial charge >= 0.3 is 17.9 Å². The third-order valence-electron chi connectivity index (χ3n) is 14.4. The van der Waals surface area contributed by atoms with Crippen LogP contribution in [0.5, 0.6) is 0 Å². The number of rotatable bonds is 61. The topological polar surface area (TPSA) is 78.9 Å². The summed E-state index contributed by atoms with van der Waals surface area (Å²) >= 11 is 0. The molecule has 0 aromatic heterocycles. The second kappa shape index (κ2) is 69.0. The van der Waals surface area contributed by atoms with Gasteiger partial charge in [0.05, 0.1) is 0 Å². The van der Waals surface area contributed by atoms with Crippen LogP contribution in [0, 0.1) is 0 Å². The van der Waals surface area contributed by atoms with E-state index in [4.69, 9.17) is 14.2 Å². The van der Waals surface area contributed by atoms with Crippen LogP contribution >= 0.6 is 0 Å². The Bertz CT molecular complexity index is 1730. The van der Waals surface area contributed by atoms with Gasteiger partial charge in [-0.05, 0) is 116 Å². The van der Waals surface area contributed by atoms with Crippen LogP contribution in [-0.2, 0) is 28.6 Å². The molecule has 0 N–H and O–H groups in total. The molecule has 6 nitrogen and oxygen atoms in total. The molecule has 1 unspecified atom stereocenters. The van der Waals surface area contributed by atoms with Crippen LogP contribution < -0.4 is 0 Å². The molecule has 466 valence electrons. The van der Waals surface area contributed by atoms with Crippen LogP contribution in [0.3, 0.4) is 0 Å². The molecule has 0 fully saturated rings. The standard InChI is InChI=1S/C76H126O6/c1-4-7-10-13-16-19-21-23-25-27-29-31-33-35-36-37-38-39-40-42-43-45-47-49-51-53-55-57-60-63-66-69-75(78)81-72-73(71-80-74(77)68-65-62-59-18-15-12-9-6-3)82-76(79)70-67-64-61-58-56-54-52-50-48-46-44-41-34-32-30-28-26-24-22-20-17-14-11-8-5-2/h7-8,10-11,16-17,19-20,23-26,29-32,41,44,48,50,54,56,73H,4-6,9,12-15,18,21-22,27-28,33-40,42-43,45-47,49,51-53,55,57-72H2,1-3H3/b10-7-,11-8-,19-16-,20-17-,25-23-,26-24-,31-29-,32-30-,44-41-,50-48-,56-54-. The lowest BCUT2D eigenvalue weighted by molar-refractivity contribution is -0.167. The van der Waals surface area contributed by atoms with Crippen molar-refractivity contribution in [2.75, 3.05) is 13.2 Å². The van der Waals surface area contributed by atoms with E-state index < -0.39 is 6.10 Å². The van der Waals surface area contributed by atoms with Crippen LogP contribution in [-0.4, -0.2) is 37.2 Å². The summed E-state index contributed by atoms with van der Waals surface area (Å²) in [6.45, 7) is 6.37. The molecule has 0 aliphatic carbocycles. The fraction of sp³-hybridized carbons (Fsp3) is 0.671. The first-order chi connectivity index (χ1) is 40.5. The van der Waals surface area contributed by atoms with Crippen molar-refractivity contribution in [3.8, 4) is 0 Å². The highest BCUT2D eigenvalue weighted by molar-refractivity contribution is 5.71. The molecule has 0 saturated carbocycles. The molecular weight excluding hydrogens is 1010 g/mol. The fourth-order valence-corrected chi connectivity index (χ4v) is 9.36. The Balaban J connectivity index is 4.18. The molecule has 0 saturated heterocycles. The molecule has 0 bridgehead atoms. The van der Waals surface area contributed by atoms with Crippen molar-refractivity contribution in [3.05, 3.63) is 134 Å². The van der Waals surface area contributed by atoms with E-state index in [1.807, 2.05) is 0 Å². The van der Waals surface area contributed by atoms with Gasteiger partial charge < -0.3 is 14.2 Å². The van der Waals surface area contributed by atoms with Gasteiger partial charge in [-0.25, -0.2) is 0 Å². The Labute approximate surface area is 506 Å². The zero-order valence-electron chi connectivity index (χ0n) is 53.5. The highest BCUT2D eigenvalue weighted by Gasteiger charge is 2.19. The maximum Gasteiger partial charge on any atom is 0.306 e. The molecule has 0 spiro atoms. The van der Waals surface area contributed by atoms with Gasteiger partial charge in [-0.3, -0.25) is 14.4 Å². The summed E-state index contributed by atoms with van der Waals surface area (Å²) in [5.74, 6) is -0.922. The predicted molar refractivity (Wildman–Crippen MR) is 357 cm³/mol. The highest BCUT2D eigenvalue weighted by Crippen LogP contribution is 2.17. The average Bonchev–Trinajstić information content (AvgIpc) is 3.48. The maximum absolute atomic E-state index is 12.9. The molecule has 0 aliphatic rings. The zero-order chi connectivity index (χ0) is 59.2. The minimum Gasteiger partial charge on any atom is -0.462 e. The number of carbonyl (C=O) groups excluding carboxylic acids is 3. The van der Waals surface area contributed by atoms with Crippen molar-refractivity contribution < 1.29 is 28.6 Å². The minimum absolute atomic E-state index is 0.0915. The number of ether oxygens (including phenoxy) is 3. The number of allylic oxidation sites excluding steroid dienone is 22. The second-order valence-corrected chi connectivity index (χ2v) is 22.3. The number of esters is 3. The molecule has 82 heavy (non-hydrogen) atoms. The van der Waals surface area contributed by atoms with E-state index in [0.717, 1.165) is 135 Å². The van der Waals surface area contributed by atoms with E-state index in [-0.39, 0.29) is 37.5 Å². The minimum atomic E-state index is -0.797. The largest absolute Gasteiger partial charge is 0.462 e. The summed E-state index contributed by atoms with van der Waals surface area (Å²) in [4.78, 5) is 38.2. The van der Waals surface area contributed by atoms with Gasteiger partial charge in [0.1, 0.15) is 13.2 Å². The molecule has 0 aromatic rings. The summed E-state index contributed by atoms with van der Waals surface area (Å²) in [5.41, 5.74) is 0. The molecule has 0 heterocycles. The normalized spacial score (nSPS) is 13.0. The Morgan fingerprint density at radius 1 is 0.256 bits per heavy atom. The molecular formula is C76H126O6. The molecule has 0 rings (SSSR count). The first kappa shape index (κ1) is 77.5. The van der Waals surface area contributed by atoms with Crippen molar-refractivity contribution in [3.63, 3.8) is 0 Å². The number of hydrogen-bond donors (Lipinski definition) is 0. The molecule has 6 heteroatoms. The number of hydrogen-bond acceptors (Lipinski definition) is 6. The van der Waals surface area contributed by atoms with E-state index in [9.17, 15) is 14.4 Å². The third-order valence-corrected chi connectivity index (χ3v) is 14.4. The number of unbranched alkanes of at least 4 members (excludes halogenated alkanes) is 28. The Hall–Kier alpha value is -4.45. The number of carbonyl (C=O) groups is 3. The van der Waals surface area contributed by atoms with Crippen LogP contribution in [0.25, 0.3) is 0 Å². The fourth-order valence-electron chi connectivity index (χ4n) is 9.36. The van der Waals surface area contributed by atoms with Crippen molar-refractivity contribution in [2.24, 2.45) is 0 Å². The summed E-state index contributed by atoms with van der Waals surface area (Å²) in [6.07, 6.45) is 97.8. The van der Waals surface area contributed by atoms with Gasteiger partial charge in [-0.2, -0.15) is 0 Å². The second-order valence-electron chi connectivity index (χ2n) is 22.3. The van der Waals surface area contributed by atoms with Crippen LogP contribution in [0.2, 0.25) is 0 Å². The smallest absolute Gasteiger partial charge is 0.306 e. The lowest BCUT2D eigenvalue weighted by Crippen LogP contribution is -2.30. The van der Waals surface area contributed by atoms with Gasteiger partial charge in [0, 0.05) is 19.3 Å². The average molecular weight is 1140 g/mol. The summed E-state index contributed by atoms with van der Waals surface area (Å²) in [6, 6.07) is 0. The van der Waals surface area contributed by atoms with E-state index in [2.05, 4.69) is 154 Å². The van der Waals surface area contributed by atoms with Crippen molar-refractivity contribution in [1.82, 2.24) is 0 Å². The zero-order valence-corrected chi connectivity index (χ0v) is 53.5. The molecule has 0 aliphatic heterocycles. The quantitative estimate of drug-likeness (QED) is 0.0261. The predicted octanol–water partition coefficient (Wildman–Crippen LogP) is 23.7. The third kappa shape index (κ3) is 66.4. The summed E-state index contributed by atoms with van der Waals surface area (Å²) in [5, 5.41) is 0. The summed E-state index contributed by atoms with van der Waals surface area (Å²) in [7, 11) is 0.